The van der Waals surface area contributed by atoms with Gasteiger partial charge in [-0.2, -0.15) is 0 Å². The normalized spacial score (nSPS) is 74.7. The first-order valence-corrected chi connectivity index (χ1v) is 4.53. The predicted octanol–water partition coefficient (Wildman–Crippen LogP) is 2.69. The topological polar surface area (TPSA) is 0 Å². The van der Waals surface area contributed by atoms with Crippen LogP contribution in [-0.4, -0.2) is 0 Å². The molecule has 0 heteroatoms. The molecule has 0 radical (unpaired) electrons. The summed E-state index contributed by atoms with van der Waals surface area (Å²) in [5.74, 6) is 2.09. The molecule has 0 aromatic heterocycles. The van der Waals surface area contributed by atoms with E-state index in [1.807, 2.05) is 0 Å². The van der Waals surface area contributed by atoms with E-state index in [1.165, 1.54) is 5.92 Å². The molecule has 3 fully saturated rings. The lowest BCUT2D eigenvalue weighted by atomic mass is 9.80. The van der Waals surface area contributed by atoms with Crippen LogP contribution in [0.2, 0.25) is 0 Å². The second kappa shape index (κ2) is 0.922. The molecular weight excluding hydrogens is 120 g/mol. The maximum Gasteiger partial charge on any atom is -0.0136 e. The van der Waals surface area contributed by atoms with Gasteiger partial charge < -0.3 is 0 Å². The lowest BCUT2D eigenvalue weighted by Gasteiger charge is -2.24. The molecule has 0 aliphatic heterocycles. The van der Waals surface area contributed by atoms with Crippen molar-refractivity contribution < 1.29 is 0 Å². The SMILES string of the molecule is CC(C)C1(C)C2(C)C3CC312. The highest BCUT2D eigenvalue weighted by Crippen LogP contribution is 3.14. The third kappa shape index (κ3) is 0.202. The summed E-state index contributed by atoms with van der Waals surface area (Å²) < 4.78 is 0. The first-order valence-electron chi connectivity index (χ1n) is 4.53. The maximum absolute atomic E-state index is 2.50. The Balaban J connectivity index is 2.00. The van der Waals surface area contributed by atoms with Gasteiger partial charge >= 0.3 is 0 Å². The average molecular weight is 136 g/mol. The van der Waals surface area contributed by atoms with Crippen molar-refractivity contribution in [3.8, 4) is 0 Å². The van der Waals surface area contributed by atoms with Gasteiger partial charge in [-0.25, -0.2) is 0 Å². The third-order valence-corrected chi connectivity index (χ3v) is 5.60. The molecule has 10 heavy (non-hydrogen) atoms. The highest BCUT2D eigenvalue weighted by Gasteiger charge is 3.10. The Morgan fingerprint density at radius 3 is 1.90 bits per heavy atom. The highest BCUT2D eigenvalue weighted by atomic mass is 15.1. The van der Waals surface area contributed by atoms with Crippen molar-refractivity contribution in [1.82, 2.24) is 0 Å². The molecule has 0 heterocycles. The van der Waals surface area contributed by atoms with Crippen LogP contribution in [0.3, 0.4) is 0 Å². The lowest BCUT2D eigenvalue weighted by Crippen LogP contribution is -2.18. The van der Waals surface area contributed by atoms with Gasteiger partial charge in [0.15, 0.2) is 0 Å². The molecule has 4 atom stereocenters. The molecule has 3 aliphatic carbocycles. The van der Waals surface area contributed by atoms with Crippen LogP contribution in [0.25, 0.3) is 0 Å². The Hall–Kier alpha value is 0. The van der Waals surface area contributed by atoms with Gasteiger partial charge in [0.1, 0.15) is 0 Å². The summed E-state index contributed by atoms with van der Waals surface area (Å²) in [7, 11) is 0. The number of hydrogen-bond acceptors (Lipinski definition) is 0. The van der Waals surface area contributed by atoms with Crippen molar-refractivity contribution >= 4 is 0 Å². The molecule has 3 saturated carbocycles. The largest absolute Gasteiger partial charge is 0.0622 e. The Kier molecular flexibility index (Phi) is 0.518. The van der Waals surface area contributed by atoms with E-state index in [4.69, 9.17) is 0 Å². The molecule has 0 bridgehead atoms. The fraction of sp³-hybridized carbons (Fsp3) is 1.00. The summed E-state index contributed by atoms with van der Waals surface area (Å²) in [5.41, 5.74) is 2.48. The molecule has 0 saturated heterocycles. The van der Waals surface area contributed by atoms with Gasteiger partial charge in [-0.1, -0.05) is 27.7 Å². The van der Waals surface area contributed by atoms with E-state index >= 15 is 0 Å². The van der Waals surface area contributed by atoms with Gasteiger partial charge in [0.2, 0.25) is 0 Å². The molecule has 0 aromatic rings. The standard InChI is InChI=1S/C10H16/c1-6(2)8(3)9(4)7-5-10(7,8)9/h6-7H,5H2,1-4H3. The zero-order chi connectivity index (χ0) is 7.36. The van der Waals surface area contributed by atoms with E-state index in [0.29, 0.717) is 0 Å². The maximum atomic E-state index is 2.50. The number of hydrogen-bond donors (Lipinski definition) is 0. The number of fused-ring (bicyclic) bond motifs is 1. The highest BCUT2D eigenvalue weighted by molar-refractivity contribution is 5.57. The quantitative estimate of drug-likeness (QED) is 0.520. The zero-order valence-electron chi connectivity index (χ0n) is 7.36. The van der Waals surface area contributed by atoms with E-state index < -0.39 is 0 Å². The Bertz CT molecular complexity index is 218. The average Bonchev–Trinajstić information content (AvgIpc) is 2.72. The molecule has 0 aromatic carbocycles. The van der Waals surface area contributed by atoms with Gasteiger partial charge in [0.05, 0.1) is 0 Å². The second-order valence-corrected chi connectivity index (χ2v) is 5.29. The first kappa shape index (κ1) is 5.62. The first-order chi connectivity index (χ1) is 4.53. The van der Waals surface area contributed by atoms with E-state index in [1.54, 1.807) is 6.42 Å². The molecule has 3 aliphatic rings. The summed E-state index contributed by atoms with van der Waals surface area (Å²) in [6, 6.07) is 0. The molecule has 0 amide bonds. The summed E-state index contributed by atoms with van der Waals surface area (Å²) >= 11 is 0. The molecule has 3 rings (SSSR count). The van der Waals surface area contributed by atoms with Gasteiger partial charge in [-0.15, -0.1) is 0 Å². The van der Waals surface area contributed by atoms with Crippen LogP contribution in [0.15, 0.2) is 0 Å². The Labute approximate surface area is 63.0 Å². The van der Waals surface area contributed by atoms with Gasteiger partial charge in [-0.3, -0.25) is 0 Å². The smallest absolute Gasteiger partial charge is 0.0136 e. The number of rotatable bonds is 1. The molecule has 1 spiro atoms. The van der Waals surface area contributed by atoms with Crippen LogP contribution in [-0.2, 0) is 0 Å². The summed E-state index contributed by atoms with van der Waals surface area (Å²) in [4.78, 5) is 0. The minimum atomic E-state index is 0.755. The van der Waals surface area contributed by atoms with E-state index in [0.717, 1.165) is 22.2 Å². The Morgan fingerprint density at radius 2 is 1.80 bits per heavy atom. The van der Waals surface area contributed by atoms with Crippen LogP contribution in [0, 0.1) is 28.1 Å². The second-order valence-electron chi connectivity index (χ2n) is 5.29. The van der Waals surface area contributed by atoms with E-state index in [-0.39, 0.29) is 0 Å². The Morgan fingerprint density at radius 1 is 1.30 bits per heavy atom. The molecule has 56 valence electrons. The molecule has 0 N–H and O–H groups in total. The lowest BCUT2D eigenvalue weighted by molar-refractivity contribution is 0.237. The van der Waals surface area contributed by atoms with Crippen LogP contribution >= 0.6 is 0 Å². The third-order valence-electron chi connectivity index (χ3n) is 5.60. The minimum absolute atomic E-state index is 0.755. The minimum Gasteiger partial charge on any atom is -0.0622 e. The van der Waals surface area contributed by atoms with Crippen molar-refractivity contribution in [2.24, 2.45) is 28.1 Å². The van der Waals surface area contributed by atoms with E-state index in [9.17, 15) is 0 Å². The predicted molar refractivity (Wildman–Crippen MR) is 41.6 cm³/mol. The monoisotopic (exact) mass is 136 g/mol. The van der Waals surface area contributed by atoms with Crippen molar-refractivity contribution in [3.63, 3.8) is 0 Å². The summed E-state index contributed by atoms with van der Waals surface area (Å²) in [5, 5.41) is 0. The molecule has 4 unspecified atom stereocenters. The van der Waals surface area contributed by atoms with Crippen molar-refractivity contribution in [2.75, 3.05) is 0 Å². The van der Waals surface area contributed by atoms with Crippen LogP contribution in [0.4, 0.5) is 0 Å². The van der Waals surface area contributed by atoms with Gasteiger partial charge in [0.25, 0.3) is 0 Å². The van der Waals surface area contributed by atoms with Gasteiger partial charge in [-0.05, 0) is 34.5 Å². The van der Waals surface area contributed by atoms with E-state index in [2.05, 4.69) is 27.7 Å². The fourth-order valence-electron chi connectivity index (χ4n) is 4.41. The van der Waals surface area contributed by atoms with Crippen molar-refractivity contribution in [2.45, 2.75) is 34.1 Å². The molecular formula is C10H16. The van der Waals surface area contributed by atoms with Crippen molar-refractivity contribution in [3.05, 3.63) is 0 Å². The summed E-state index contributed by atoms with van der Waals surface area (Å²) in [6.07, 6.45) is 1.57. The van der Waals surface area contributed by atoms with Crippen LogP contribution in [0.1, 0.15) is 34.1 Å². The zero-order valence-corrected chi connectivity index (χ0v) is 7.36. The van der Waals surface area contributed by atoms with Crippen LogP contribution in [0.5, 0.6) is 0 Å². The molecule has 0 nitrogen and oxygen atoms in total. The van der Waals surface area contributed by atoms with Crippen LogP contribution < -0.4 is 0 Å². The van der Waals surface area contributed by atoms with Crippen molar-refractivity contribution in [1.29, 1.82) is 0 Å². The fourth-order valence-corrected chi connectivity index (χ4v) is 4.41. The van der Waals surface area contributed by atoms with Gasteiger partial charge in [0, 0.05) is 0 Å². The summed E-state index contributed by atoms with van der Waals surface area (Å²) in [6.45, 7) is 9.78.